The fourth-order valence-corrected chi connectivity index (χ4v) is 15.5. The van der Waals surface area contributed by atoms with E-state index in [-0.39, 0.29) is 60.5 Å². The molecular formula is C47H56N4O11SSi. The van der Waals surface area contributed by atoms with Crippen LogP contribution < -0.4 is 32.9 Å². The third-order valence-corrected chi connectivity index (χ3v) is 19.2. The molecule has 340 valence electrons. The molecule has 7 rings (SSSR count). The van der Waals surface area contributed by atoms with E-state index in [4.69, 9.17) is 18.6 Å². The maximum atomic E-state index is 14.2. The predicted octanol–water partition coefficient (Wildman–Crippen LogP) is 4.14. The summed E-state index contributed by atoms with van der Waals surface area (Å²) in [6.07, 6.45) is 0.541. The summed E-state index contributed by atoms with van der Waals surface area (Å²) in [6, 6.07) is 28.8. The van der Waals surface area contributed by atoms with E-state index in [2.05, 4.69) is 55.0 Å². The summed E-state index contributed by atoms with van der Waals surface area (Å²) in [6.45, 7) is 9.83. The third kappa shape index (κ3) is 10.2. The molecule has 64 heavy (non-hydrogen) atoms. The number of aryl methyl sites for hydroxylation is 2. The average Bonchev–Trinajstić information content (AvgIpc) is 3.86. The molecule has 15 nitrogen and oxygen atoms in total. The molecule has 0 bridgehead atoms. The first-order chi connectivity index (χ1) is 30.5. The van der Waals surface area contributed by atoms with Crippen LogP contribution in [-0.4, -0.2) is 78.7 Å². The number of rotatable bonds is 16. The summed E-state index contributed by atoms with van der Waals surface area (Å²) in [4.78, 5) is 68.0. The zero-order valence-electron chi connectivity index (χ0n) is 36.7. The van der Waals surface area contributed by atoms with Gasteiger partial charge in [0.1, 0.15) is 12.5 Å². The Bertz CT molecular complexity index is 2730. The monoisotopic (exact) mass is 912 g/mol. The normalized spacial score (nSPS) is 21.5. The number of esters is 1. The SMILES string of the molecule is Cc1cn([C@H]2C[C@H](CS(=O)(=O)CC[C@H]3O[C@@H](n4cc(C)c(=O)[nH]c4=O)C[C@@H]3CO[Si](c3ccccc3)(c3ccccc3)C(C)(C)C)[C@@H](CCOC(=O)c3ccccc3)O2)c(=O)[nH]c1=O. The lowest BCUT2D eigenvalue weighted by Crippen LogP contribution is -2.67. The van der Waals surface area contributed by atoms with Gasteiger partial charge in [0.25, 0.3) is 19.4 Å². The highest BCUT2D eigenvalue weighted by Gasteiger charge is 2.51. The first-order valence-corrected chi connectivity index (χ1v) is 25.3. The van der Waals surface area contributed by atoms with Crippen LogP contribution in [0.3, 0.4) is 0 Å². The molecule has 2 fully saturated rings. The van der Waals surface area contributed by atoms with E-state index in [9.17, 15) is 32.4 Å². The molecule has 2 aliphatic rings. The maximum Gasteiger partial charge on any atom is 0.338 e. The molecular weight excluding hydrogens is 857 g/mol. The Kier molecular flexibility index (Phi) is 14.1. The highest BCUT2D eigenvalue weighted by Crippen LogP contribution is 2.41. The molecule has 2 aromatic heterocycles. The summed E-state index contributed by atoms with van der Waals surface area (Å²) >= 11 is 0. The Morgan fingerprint density at radius 1 is 0.719 bits per heavy atom. The molecule has 0 radical (unpaired) electrons. The van der Waals surface area contributed by atoms with Crippen molar-refractivity contribution >= 4 is 34.5 Å². The number of ether oxygens (including phenoxy) is 3. The molecule has 17 heteroatoms. The number of hydrogen-bond donors (Lipinski definition) is 2. The lowest BCUT2D eigenvalue weighted by molar-refractivity contribution is -0.0197. The van der Waals surface area contributed by atoms with E-state index in [1.54, 1.807) is 44.2 Å². The number of nitrogens with one attached hydrogen (secondary N) is 2. The smallest absolute Gasteiger partial charge is 0.338 e. The number of aromatic amines is 2. The van der Waals surface area contributed by atoms with Crippen LogP contribution in [-0.2, 0) is 28.5 Å². The number of aromatic nitrogens is 4. The summed E-state index contributed by atoms with van der Waals surface area (Å²) in [5, 5.41) is 1.82. The second-order valence-corrected chi connectivity index (χ2v) is 24.4. The van der Waals surface area contributed by atoms with Crippen LogP contribution in [0.2, 0.25) is 5.04 Å². The van der Waals surface area contributed by atoms with Crippen molar-refractivity contribution in [3.8, 4) is 0 Å². The zero-order valence-corrected chi connectivity index (χ0v) is 38.5. The average molecular weight is 913 g/mol. The third-order valence-electron chi connectivity index (χ3n) is 12.4. The minimum absolute atomic E-state index is 0.0604. The molecule has 0 saturated carbocycles. The fourth-order valence-electron chi connectivity index (χ4n) is 9.10. The van der Waals surface area contributed by atoms with Gasteiger partial charge in [0.2, 0.25) is 0 Å². The van der Waals surface area contributed by atoms with Gasteiger partial charge in [-0.1, -0.05) is 99.6 Å². The second kappa shape index (κ2) is 19.3. The minimum Gasteiger partial charge on any atom is -0.462 e. The van der Waals surface area contributed by atoms with Gasteiger partial charge >= 0.3 is 17.3 Å². The van der Waals surface area contributed by atoms with Crippen molar-refractivity contribution in [1.29, 1.82) is 0 Å². The first-order valence-electron chi connectivity index (χ1n) is 21.6. The van der Waals surface area contributed by atoms with Crippen molar-refractivity contribution in [3.05, 3.63) is 162 Å². The van der Waals surface area contributed by atoms with Crippen LogP contribution in [0.5, 0.6) is 0 Å². The first kappa shape index (κ1) is 46.5. The number of hydrogen-bond acceptors (Lipinski definition) is 11. The van der Waals surface area contributed by atoms with E-state index in [0.29, 0.717) is 17.5 Å². The Morgan fingerprint density at radius 2 is 1.19 bits per heavy atom. The number of carbonyl (C=O) groups excluding carboxylic acids is 1. The van der Waals surface area contributed by atoms with Gasteiger partial charge in [-0.2, -0.15) is 0 Å². The molecule has 6 atom stereocenters. The van der Waals surface area contributed by atoms with Gasteiger partial charge in [0, 0.05) is 54.8 Å². The molecule has 0 aliphatic carbocycles. The maximum absolute atomic E-state index is 14.2. The zero-order chi connectivity index (χ0) is 45.8. The topological polar surface area (TPSA) is 198 Å². The highest BCUT2D eigenvalue weighted by atomic mass is 32.2. The molecule has 0 amide bonds. The van der Waals surface area contributed by atoms with Crippen LogP contribution in [0.25, 0.3) is 0 Å². The summed E-state index contributed by atoms with van der Waals surface area (Å²) in [5.74, 6) is -2.04. The molecule has 2 saturated heterocycles. The van der Waals surface area contributed by atoms with Gasteiger partial charge in [-0.05, 0) is 54.2 Å². The molecule has 2 N–H and O–H groups in total. The van der Waals surface area contributed by atoms with E-state index in [1.165, 1.54) is 21.5 Å². The van der Waals surface area contributed by atoms with Gasteiger partial charge in [-0.3, -0.25) is 28.7 Å². The van der Waals surface area contributed by atoms with Crippen LogP contribution in [0.1, 0.15) is 80.4 Å². The Labute approximate surface area is 372 Å². The molecule has 2 aliphatic heterocycles. The van der Waals surface area contributed by atoms with Crippen molar-refractivity contribution in [2.45, 2.75) is 90.0 Å². The van der Waals surface area contributed by atoms with Crippen LogP contribution in [0.15, 0.2) is 123 Å². The standard InChI is InChI=1S/C47H56N4O11SSi/c1-31-27-50(45(55)48-42(31)52)40-25-34(29-60-64(47(3,4)5,36-17-11-7-12-18-36)37-19-13-8-14-20-37)39(62-40)22-24-63(57,58)30-35-26-41(51-28-32(2)43(53)49-46(51)56)61-38(35)21-23-59-44(54)33-15-9-6-10-16-33/h6-20,27-28,34-35,38-41H,21-26,29-30H2,1-5H3,(H,48,52,55)(H,49,53,56)/t34-,35-,38-,39-,40-,41-/m1/s1. The lowest BCUT2D eigenvalue weighted by Gasteiger charge is -2.43. The molecule has 3 aromatic carbocycles. The summed E-state index contributed by atoms with van der Waals surface area (Å²) in [5.41, 5.74) is -1.36. The van der Waals surface area contributed by atoms with Crippen molar-refractivity contribution in [1.82, 2.24) is 19.1 Å². The summed E-state index contributed by atoms with van der Waals surface area (Å²) < 4.78 is 56.8. The Balaban J connectivity index is 1.13. The second-order valence-electron chi connectivity index (χ2n) is 17.9. The van der Waals surface area contributed by atoms with Gasteiger partial charge in [-0.25, -0.2) is 22.8 Å². The van der Waals surface area contributed by atoms with Crippen molar-refractivity contribution in [3.63, 3.8) is 0 Å². The van der Waals surface area contributed by atoms with Gasteiger partial charge < -0.3 is 18.6 Å². The Hall–Kier alpha value is -5.46. The van der Waals surface area contributed by atoms with Crippen molar-refractivity contribution in [2.75, 3.05) is 24.7 Å². The van der Waals surface area contributed by atoms with Crippen molar-refractivity contribution < 1.29 is 31.8 Å². The fraction of sp³-hybridized carbons (Fsp3) is 0.426. The van der Waals surface area contributed by atoms with Crippen LogP contribution in [0.4, 0.5) is 0 Å². The van der Waals surface area contributed by atoms with E-state index in [0.717, 1.165) is 10.4 Å². The highest BCUT2D eigenvalue weighted by molar-refractivity contribution is 7.91. The van der Waals surface area contributed by atoms with Crippen molar-refractivity contribution in [2.24, 2.45) is 11.8 Å². The van der Waals surface area contributed by atoms with E-state index < -0.39 is 77.2 Å². The molecule has 4 heterocycles. The van der Waals surface area contributed by atoms with E-state index >= 15 is 0 Å². The van der Waals surface area contributed by atoms with E-state index in [1.807, 2.05) is 36.4 Å². The quantitative estimate of drug-likeness (QED) is 0.107. The van der Waals surface area contributed by atoms with Crippen LogP contribution in [0, 0.1) is 25.7 Å². The predicted molar refractivity (Wildman–Crippen MR) is 244 cm³/mol. The van der Waals surface area contributed by atoms with Crippen LogP contribution >= 0.6 is 0 Å². The number of nitrogens with zero attached hydrogens (tertiary/aromatic N) is 2. The summed E-state index contributed by atoms with van der Waals surface area (Å²) in [7, 11) is -6.87. The number of carbonyl (C=O) groups is 1. The molecule has 0 unspecified atom stereocenters. The molecule has 5 aromatic rings. The lowest BCUT2D eigenvalue weighted by atomic mass is 10.00. The Morgan fingerprint density at radius 3 is 1.69 bits per heavy atom. The molecule has 0 spiro atoms. The van der Waals surface area contributed by atoms with Gasteiger partial charge in [0.15, 0.2) is 9.84 Å². The number of H-pyrrole nitrogens is 2. The minimum atomic E-state index is -3.84. The largest absolute Gasteiger partial charge is 0.462 e. The van der Waals surface area contributed by atoms with Gasteiger partial charge in [-0.15, -0.1) is 0 Å². The van der Waals surface area contributed by atoms with Gasteiger partial charge in [0.05, 0.1) is 35.9 Å². The number of sulfone groups is 1. The number of benzene rings is 3.